The van der Waals surface area contributed by atoms with Gasteiger partial charge in [-0.15, -0.1) is 0 Å². The molecule has 0 aliphatic carbocycles. The third-order valence-electron chi connectivity index (χ3n) is 5.75. The summed E-state index contributed by atoms with van der Waals surface area (Å²) in [5.41, 5.74) is 2.92. The summed E-state index contributed by atoms with van der Waals surface area (Å²) in [6.45, 7) is 6.64. The van der Waals surface area contributed by atoms with Crippen LogP contribution in [0.2, 0.25) is 0 Å². The molecule has 0 radical (unpaired) electrons. The second-order valence-corrected chi connectivity index (χ2v) is 8.73. The lowest BCUT2D eigenvalue weighted by Gasteiger charge is -2.38. The molecule has 4 rings (SSSR count). The monoisotopic (exact) mass is 473 g/mol. The van der Waals surface area contributed by atoms with Gasteiger partial charge in [0.15, 0.2) is 0 Å². The van der Waals surface area contributed by atoms with Crippen molar-refractivity contribution < 1.29 is 18.0 Å². The number of halogens is 3. The number of likely N-dealkylation sites (N-methyl/N-ethyl adjacent to an activating group) is 1. The van der Waals surface area contributed by atoms with Crippen molar-refractivity contribution in [2.24, 2.45) is 5.92 Å². The molecular formula is C23H26F3N7O. The summed E-state index contributed by atoms with van der Waals surface area (Å²) in [4.78, 5) is 22.5. The van der Waals surface area contributed by atoms with Crippen LogP contribution in [-0.4, -0.2) is 38.7 Å². The number of rotatable bonds is 6. The molecule has 180 valence electrons. The molecule has 3 aromatic rings. The van der Waals surface area contributed by atoms with Gasteiger partial charge in [0, 0.05) is 37.6 Å². The first-order valence-electron chi connectivity index (χ1n) is 10.9. The number of alkyl halides is 3. The number of carbonyl (C=O) groups is 1. The van der Waals surface area contributed by atoms with E-state index < -0.39 is 11.9 Å². The first-order chi connectivity index (χ1) is 16.0. The van der Waals surface area contributed by atoms with Crippen molar-refractivity contribution in [2.45, 2.75) is 46.1 Å². The second-order valence-electron chi connectivity index (χ2n) is 8.73. The standard InChI is InChI=1S/C23H26F3N7O/c1-13(2)21-22(34)31-20-14(3)30-19(7-17(20)32(21)4)28-9-16-10-29-33(12-16)11-15-5-6-18(27-8-15)23(24,25)26/h5-8,10,12-13,21H,9,11H2,1-4H3,(H,28,30)(H,31,34)/t21-/m0/s1. The number of carbonyl (C=O) groups excluding carboxylic acids is 1. The van der Waals surface area contributed by atoms with E-state index in [1.807, 2.05) is 45.0 Å². The largest absolute Gasteiger partial charge is 0.433 e. The zero-order valence-corrected chi connectivity index (χ0v) is 19.3. The molecule has 4 heterocycles. The first-order valence-corrected chi connectivity index (χ1v) is 10.9. The van der Waals surface area contributed by atoms with E-state index >= 15 is 0 Å². The van der Waals surface area contributed by atoms with Crippen LogP contribution in [0, 0.1) is 12.8 Å². The zero-order valence-electron chi connectivity index (χ0n) is 19.3. The molecular weight excluding hydrogens is 447 g/mol. The molecule has 0 aromatic carbocycles. The van der Waals surface area contributed by atoms with E-state index in [0.29, 0.717) is 35.9 Å². The first kappa shape index (κ1) is 23.5. The summed E-state index contributed by atoms with van der Waals surface area (Å²) in [6.07, 6.45) is 0.262. The van der Waals surface area contributed by atoms with Gasteiger partial charge in [-0.05, 0) is 24.5 Å². The molecule has 0 fully saturated rings. The Morgan fingerprint density at radius 2 is 1.97 bits per heavy atom. The minimum Gasteiger partial charge on any atom is -0.366 e. The number of hydrogen-bond donors (Lipinski definition) is 2. The number of hydrogen-bond acceptors (Lipinski definition) is 6. The average Bonchev–Trinajstić information content (AvgIpc) is 3.20. The Labute approximate surface area is 195 Å². The number of aromatic nitrogens is 4. The molecule has 1 amide bonds. The van der Waals surface area contributed by atoms with E-state index in [9.17, 15) is 18.0 Å². The van der Waals surface area contributed by atoms with Crippen LogP contribution in [0.5, 0.6) is 0 Å². The number of amides is 1. The van der Waals surface area contributed by atoms with Crippen molar-refractivity contribution in [1.82, 2.24) is 19.7 Å². The van der Waals surface area contributed by atoms with Crippen molar-refractivity contribution in [3.8, 4) is 0 Å². The van der Waals surface area contributed by atoms with Crippen LogP contribution in [0.3, 0.4) is 0 Å². The minimum absolute atomic E-state index is 0.0359. The highest BCUT2D eigenvalue weighted by Gasteiger charge is 2.34. The van der Waals surface area contributed by atoms with Gasteiger partial charge in [-0.2, -0.15) is 18.3 Å². The summed E-state index contributed by atoms with van der Waals surface area (Å²) in [5, 5.41) is 10.5. The number of aryl methyl sites for hydroxylation is 1. The molecule has 8 nitrogen and oxygen atoms in total. The lowest BCUT2D eigenvalue weighted by Crippen LogP contribution is -2.49. The Morgan fingerprint density at radius 3 is 2.62 bits per heavy atom. The minimum atomic E-state index is -4.46. The predicted molar refractivity (Wildman–Crippen MR) is 123 cm³/mol. The third kappa shape index (κ3) is 4.82. The Balaban J connectivity index is 1.43. The van der Waals surface area contributed by atoms with E-state index in [0.717, 1.165) is 17.3 Å². The highest BCUT2D eigenvalue weighted by molar-refractivity contribution is 6.04. The van der Waals surface area contributed by atoms with Gasteiger partial charge < -0.3 is 15.5 Å². The van der Waals surface area contributed by atoms with Crippen LogP contribution in [-0.2, 0) is 24.1 Å². The molecule has 0 unspecified atom stereocenters. The molecule has 2 N–H and O–H groups in total. The van der Waals surface area contributed by atoms with Gasteiger partial charge in [-0.25, -0.2) is 4.98 Å². The average molecular weight is 474 g/mol. The Bertz CT molecular complexity index is 1190. The maximum atomic E-state index is 12.7. The van der Waals surface area contributed by atoms with Gasteiger partial charge in [0.05, 0.1) is 29.8 Å². The maximum Gasteiger partial charge on any atom is 0.433 e. The number of pyridine rings is 2. The molecule has 3 aromatic heterocycles. The van der Waals surface area contributed by atoms with Crippen molar-refractivity contribution >= 4 is 23.1 Å². The number of nitrogens with zero attached hydrogens (tertiary/aromatic N) is 5. The molecule has 1 aliphatic heterocycles. The normalized spacial score (nSPS) is 15.9. The van der Waals surface area contributed by atoms with Gasteiger partial charge in [0.2, 0.25) is 5.91 Å². The number of nitrogens with one attached hydrogen (secondary N) is 2. The van der Waals surface area contributed by atoms with E-state index in [4.69, 9.17) is 0 Å². The van der Waals surface area contributed by atoms with Gasteiger partial charge in [-0.1, -0.05) is 19.9 Å². The van der Waals surface area contributed by atoms with Crippen molar-refractivity contribution in [3.05, 3.63) is 59.3 Å². The van der Waals surface area contributed by atoms with Crippen molar-refractivity contribution in [1.29, 1.82) is 0 Å². The van der Waals surface area contributed by atoms with E-state index in [1.54, 1.807) is 10.9 Å². The Hall–Kier alpha value is -3.63. The topological polar surface area (TPSA) is 88.0 Å². The van der Waals surface area contributed by atoms with E-state index in [-0.39, 0.29) is 17.9 Å². The summed E-state index contributed by atoms with van der Waals surface area (Å²) in [5.74, 6) is 0.779. The van der Waals surface area contributed by atoms with Crippen LogP contribution < -0.4 is 15.5 Å². The second kappa shape index (κ2) is 8.96. The predicted octanol–water partition coefficient (Wildman–Crippen LogP) is 4.07. The molecule has 0 saturated carbocycles. The van der Waals surface area contributed by atoms with Crippen LogP contribution in [0.25, 0.3) is 0 Å². The SMILES string of the molecule is Cc1nc(NCc2cnn(Cc3ccc(C(F)(F)F)nc3)c2)cc2c1NC(=O)[C@H](C(C)C)N2C. The maximum absolute atomic E-state index is 12.7. The van der Waals surface area contributed by atoms with Crippen LogP contribution in [0.4, 0.5) is 30.4 Å². The molecule has 1 aliphatic rings. The molecule has 11 heteroatoms. The Morgan fingerprint density at radius 1 is 1.21 bits per heavy atom. The molecule has 0 bridgehead atoms. The number of fused-ring (bicyclic) bond motifs is 1. The fraction of sp³-hybridized carbons (Fsp3) is 0.391. The van der Waals surface area contributed by atoms with Gasteiger partial charge in [0.25, 0.3) is 0 Å². The fourth-order valence-electron chi connectivity index (χ4n) is 4.10. The quantitative estimate of drug-likeness (QED) is 0.561. The molecule has 0 saturated heterocycles. The van der Waals surface area contributed by atoms with Crippen molar-refractivity contribution in [2.75, 3.05) is 22.6 Å². The van der Waals surface area contributed by atoms with Gasteiger partial charge >= 0.3 is 6.18 Å². The van der Waals surface area contributed by atoms with Gasteiger partial charge in [0.1, 0.15) is 17.6 Å². The lowest BCUT2D eigenvalue weighted by molar-refractivity contribution is -0.141. The summed E-state index contributed by atoms with van der Waals surface area (Å²) < 4.78 is 39.7. The summed E-state index contributed by atoms with van der Waals surface area (Å²) in [7, 11) is 1.91. The molecule has 1 atom stereocenters. The summed E-state index contributed by atoms with van der Waals surface area (Å²) >= 11 is 0. The Kier molecular flexibility index (Phi) is 6.20. The highest BCUT2D eigenvalue weighted by Crippen LogP contribution is 2.36. The van der Waals surface area contributed by atoms with Crippen LogP contribution in [0.15, 0.2) is 36.8 Å². The lowest BCUT2D eigenvalue weighted by atomic mass is 9.98. The fourth-order valence-corrected chi connectivity index (χ4v) is 4.10. The van der Waals surface area contributed by atoms with Crippen LogP contribution >= 0.6 is 0 Å². The number of anilines is 3. The van der Waals surface area contributed by atoms with Crippen LogP contribution in [0.1, 0.15) is 36.4 Å². The molecule has 0 spiro atoms. The molecule has 34 heavy (non-hydrogen) atoms. The van der Waals surface area contributed by atoms with Gasteiger partial charge in [-0.3, -0.25) is 14.5 Å². The zero-order chi connectivity index (χ0) is 24.6. The third-order valence-corrected chi connectivity index (χ3v) is 5.75. The summed E-state index contributed by atoms with van der Waals surface area (Å²) in [6, 6.07) is 4.01. The highest BCUT2D eigenvalue weighted by atomic mass is 19.4. The van der Waals surface area contributed by atoms with E-state index in [2.05, 4.69) is 25.7 Å². The van der Waals surface area contributed by atoms with E-state index in [1.165, 1.54) is 12.3 Å². The smallest absolute Gasteiger partial charge is 0.366 e. The van der Waals surface area contributed by atoms with Crippen molar-refractivity contribution in [3.63, 3.8) is 0 Å².